The van der Waals surface area contributed by atoms with Gasteiger partial charge in [-0.15, -0.1) is 0 Å². The van der Waals surface area contributed by atoms with Crippen molar-refractivity contribution in [3.05, 3.63) is 29.8 Å². The van der Waals surface area contributed by atoms with Crippen LogP contribution in [0.2, 0.25) is 0 Å². The highest BCUT2D eigenvalue weighted by molar-refractivity contribution is 7.86. The van der Waals surface area contributed by atoms with E-state index in [9.17, 15) is 18.3 Å². The predicted molar refractivity (Wildman–Crippen MR) is 137 cm³/mol. The first kappa shape index (κ1) is 27.3. The van der Waals surface area contributed by atoms with Crippen LogP contribution in [-0.4, -0.2) is 91.1 Å². The molecular weight excluding hydrogens is 500 g/mol. The third-order valence-corrected chi connectivity index (χ3v) is 7.54. The van der Waals surface area contributed by atoms with Crippen LogP contribution in [0.4, 0.5) is 11.8 Å². The Morgan fingerprint density at radius 1 is 1.11 bits per heavy atom. The van der Waals surface area contributed by atoms with Crippen molar-refractivity contribution < 1.29 is 27.0 Å². The Hall–Kier alpha value is -2.77. The summed E-state index contributed by atoms with van der Waals surface area (Å²) in [7, 11) is -3.44. The molecule has 0 aliphatic carbocycles. The molecule has 1 N–H and O–H groups in total. The van der Waals surface area contributed by atoms with E-state index in [1.54, 1.807) is 0 Å². The Morgan fingerprint density at radius 3 is 2.32 bits per heavy atom. The lowest BCUT2D eigenvalue weighted by molar-refractivity contribution is -0.143. The molecule has 0 radical (unpaired) electrons. The number of carboxylic acid groups (broad SMARTS) is 1. The molecule has 0 saturated carbocycles. The molecule has 2 fully saturated rings. The van der Waals surface area contributed by atoms with Gasteiger partial charge in [0.25, 0.3) is 10.1 Å². The average molecular weight is 537 g/mol. The number of piperazine rings is 1. The second-order valence-corrected chi connectivity index (χ2v) is 11.8. The molecule has 2 aliphatic rings. The van der Waals surface area contributed by atoms with Gasteiger partial charge in [-0.3, -0.25) is 13.9 Å². The maximum Gasteiger partial charge on any atom is 0.307 e. The molecule has 204 valence electrons. The lowest BCUT2D eigenvalue weighted by atomic mass is 9.92. The number of carboxylic acids is 1. The van der Waals surface area contributed by atoms with Crippen molar-refractivity contribution in [2.24, 2.45) is 11.8 Å². The molecule has 4 heterocycles. The van der Waals surface area contributed by atoms with E-state index in [4.69, 9.17) is 8.71 Å². The molecule has 0 aromatic carbocycles. The van der Waals surface area contributed by atoms with Crippen LogP contribution in [-0.2, 0) is 32.1 Å². The van der Waals surface area contributed by atoms with E-state index in [1.165, 1.54) is 0 Å². The molecule has 37 heavy (non-hydrogen) atoms. The van der Waals surface area contributed by atoms with E-state index >= 15 is 0 Å². The van der Waals surface area contributed by atoms with Crippen LogP contribution in [0, 0.1) is 11.8 Å². The van der Waals surface area contributed by atoms with Gasteiger partial charge in [-0.05, 0) is 18.8 Å². The van der Waals surface area contributed by atoms with Gasteiger partial charge in [0, 0.05) is 76.3 Å². The van der Waals surface area contributed by atoms with Crippen molar-refractivity contribution in [2.45, 2.75) is 45.8 Å². The summed E-state index contributed by atoms with van der Waals surface area (Å²) in [6, 6.07) is 1.86. The summed E-state index contributed by atoms with van der Waals surface area (Å²) in [6.45, 7) is 9.13. The van der Waals surface area contributed by atoms with E-state index in [0.29, 0.717) is 44.1 Å². The fourth-order valence-electron chi connectivity index (χ4n) is 4.76. The summed E-state index contributed by atoms with van der Waals surface area (Å²) < 4.78 is 33.2. The van der Waals surface area contributed by atoms with E-state index in [1.807, 2.05) is 32.3 Å². The molecule has 1 unspecified atom stereocenters. The largest absolute Gasteiger partial charge is 0.481 e. The Labute approximate surface area is 217 Å². The molecule has 0 amide bonds. The van der Waals surface area contributed by atoms with Crippen molar-refractivity contribution >= 4 is 27.9 Å². The maximum absolute atomic E-state index is 11.5. The van der Waals surface area contributed by atoms with E-state index in [-0.39, 0.29) is 12.0 Å². The normalized spacial score (nSPS) is 18.9. The Balaban J connectivity index is 1.23. The van der Waals surface area contributed by atoms with E-state index < -0.39 is 22.0 Å². The molecule has 2 aromatic rings. The summed E-state index contributed by atoms with van der Waals surface area (Å²) in [6.07, 6.45) is 6.08. The SMILES string of the molecule is CC(C)C(Cc1cc(N2CCN(Cc3cnc(N4CCC(OS(C)(=O)=O)CC4)nc3)CC2)no1)C(=O)O. The van der Waals surface area contributed by atoms with Crippen molar-refractivity contribution in [1.82, 2.24) is 20.0 Å². The minimum Gasteiger partial charge on any atom is -0.481 e. The molecule has 0 bridgehead atoms. The fraction of sp³-hybridized carbons (Fsp3) is 0.667. The van der Waals surface area contributed by atoms with Crippen LogP contribution >= 0.6 is 0 Å². The first-order valence-corrected chi connectivity index (χ1v) is 14.5. The van der Waals surface area contributed by atoms with Crippen molar-refractivity contribution in [3.8, 4) is 0 Å². The Morgan fingerprint density at radius 2 is 1.76 bits per heavy atom. The van der Waals surface area contributed by atoms with Gasteiger partial charge in [0.05, 0.1) is 18.3 Å². The molecule has 13 heteroatoms. The van der Waals surface area contributed by atoms with Crippen molar-refractivity contribution in [2.75, 3.05) is 55.3 Å². The number of hydrogen-bond donors (Lipinski definition) is 1. The molecule has 2 aromatic heterocycles. The van der Waals surface area contributed by atoms with Gasteiger partial charge < -0.3 is 19.4 Å². The molecule has 12 nitrogen and oxygen atoms in total. The van der Waals surface area contributed by atoms with Gasteiger partial charge in [0.2, 0.25) is 5.95 Å². The van der Waals surface area contributed by atoms with Gasteiger partial charge >= 0.3 is 5.97 Å². The summed E-state index contributed by atoms with van der Waals surface area (Å²) >= 11 is 0. The highest BCUT2D eigenvalue weighted by Crippen LogP contribution is 2.23. The Kier molecular flexibility index (Phi) is 8.65. The number of piperidine rings is 1. The zero-order valence-electron chi connectivity index (χ0n) is 21.6. The van der Waals surface area contributed by atoms with Crippen LogP contribution in [0.15, 0.2) is 23.0 Å². The Bertz CT molecular complexity index is 1140. The van der Waals surface area contributed by atoms with Crippen molar-refractivity contribution in [1.29, 1.82) is 0 Å². The molecule has 2 saturated heterocycles. The quantitative estimate of drug-likeness (QED) is 0.441. The number of aliphatic carboxylic acids is 1. The standard InChI is InChI=1S/C24H36N6O6S/c1-17(2)21(23(31)32)12-20-13-22(27-35-20)29-10-8-28(9-11-29)16-18-14-25-24(26-15-18)30-6-4-19(5-7-30)36-37(3,33)34/h13-15,17,19,21H,4-12,16H2,1-3H3,(H,31,32). The summed E-state index contributed by atoms with van der Waals surface area (Å²) in [4.78, 5) is 27.1. The lowest BCUT2D eigenvalue weighted by Crippen LogP contribution is -2.46. The molecular formula is C24H36N6O6S. The summed E-state index contributed by atoms with van der Waals surface area (Å²) in [5, 5.41) is 13.6. The smallest absolute Gasteiger partial charge is 0.307 e. The van der Waals surface area contributed by atoms with Crippen LogP contribution in [0.25, 0.3) is 0 Å². The molecule has 4 rings (SSSR count). The lowest BCUT2D eigenvalue weighted by Gasteiger charge is -2.34. The van der Waals surface area contributed by atoms with E-state index in [2.05, 4.69) is 29.8 Å². The van der Waals surface area contributed by atoms with Crippen molar-refractivity contribution in [3.63, 3.8) is 0 Å². The molecule has 2 aliphatic heterocycles. The van der Waals surface area contributed by atoms with Gasteiger partial charge in [0.1, 0.15) is 5.76 Å². The monoisotopic (exact) mass is 536 g/mol. The number of carbonyl (C=O) groups is 1. The number of anilines is 2. The zero-order chi connectivity index (χ0) is 26.6. The zero-order valence-corrected chi connectivity index (χ0v) is 22.4. The summed E-state index contributed by atoms with van der Waals surface area (Å²) in [5.74, 6) is 0.704. The average Bonchev–Trinajstić information content (AvgIpc) is 3.31. The minimum atomic E-state index is -3.44. The predicted octanol–water partition coefficient (Wildman–Crippen LogP) is 1.63. The van der Waals surface area contributed by atoms with Crippen LogP contribution in [0.3, 0.4) is 0 Å². The van der Waals surface area contributed by atoms with Crippen LogP contribution < -0.4 is 9.80 Å². The highest BCUT2D eigenvalue weighted by atomic mass is 32.2. The van der Waals surface area contributed by atoms with Gasteiger partial charge in [-0.25, -0.2) is 9.97 Å². The number of aromatic nitrogens is 3. The van der Waals surface area contributed by atoms with Gasteiger partial charge in [0.15, 0.2) is 5.82 Å². The highest BCUT2D eigenvalue weighted by Gasteiger charge is 2.26. The third kappa shape index (κ3) is 7.62. The topological polar surface area (TPSA) is 142 Å². The third-order valence-electron chi connectivity index (χ3n) is 6.92. The number of rotatable bonds is 10. The molecule has 1 atom stereocenters. The van der Waals surface area contributed by atoms with Gasteiger partial charge in [-0.2, -0.15) is 8.42 Å². The first-order chi connectivity index (χ1) is 17.6. The number of nitrogens with zero attached hydrogens (tertiary/aromatic N) is 6. The maximum atomic E-state index is 11.5. The fourth-order valence-corrected chi connectivity index (χ4v) is 5.44. The number of hydrogen-bond acceptors (Lipinski definition) is 11. The first-order valence-electron chi connectivity index (χ1n) is 12.7. The van der Waals surface area contributed by atoms with Crippen LogP contribution in [0.1, 0.15) is 38.0 Å². The van der Waals surface area contributed by atoms with E-state index in [0.717, 1.165) is 50.4 Å². The van der Waals surface area contributed by atoms with Gasteiger partial charge in [-0.1, -0.05) is 19.0 Å². The summed E-state index contributed by atoms with van der Waals surface area (Å²) in [5.41, 5.74) is 1.03. The minimum absolute atomic E-state index is 0.0152. The molecule has 0 spiro atoms. The second kappa shape index (κ2) is 11.7. The second-order valence-electron chi connectivity index (χ2n) is 10.2. The van der Waals surface area contributed by atoms with Crippen LogP contribution in [0.5, 0.6) is 0 Å².